The van der Waals surface area contributed by atoms with Crippen LogP contribution in [-0.4, -0.2) is 39.2 Å². The third kappa shape index (κ3) is 4.83. The zero-order chi connectivity index (χ0) is 21.9. The van der Waals surface area contributed by atoms with E-state index < -0.39 is 10.0 Å². The minimum absolute atomic E-state index is 0.0601. The number of thioether (sulfide) groups is 1. The van der Waals surface area contributed by atoms with Crippen LogP contribution in [0.4, 0.5) is 11.4 Å². The highest BCUT2D eigenvalue weighted by Gasteiger charge is 2.19. The van der Waals surface area contributed by atoms with Crippen LogP contribution in [0, 0.1) is 0 Å². The average Bonchev–Trinajstić information content (AvgIpc) is 2.71. The van der Waals surface area contributed by atoms with Crippen molar-refractivity contribution in [2.75, 3.05) is 29.5 Å². The van der Waals surface area contributed by atoms with Gasteiger partial charge in [0.05, 0.1) is 10.6 Å². The van der Waals surface area contributed by atoms with Gasteiger partial charge in [-0.05, 0) is 36.4 Å². The quantitative estimate of drug-likeness (QED) is 0.553. The first-order valence-corrected chi connectivity index (χ1v) is 11.6. The van der Waals surface area contributed by atoms with Crippen molar-refractivity contribution < 1.29 is 18.0 Å². The smallest absolute Gasteiger partial charge is 0.262 e. The molecular weight excluding hydrogens is 420 g/mol. The van der Waals surface area contributed by atoms with E-state index in [-0.39, 0.29) is 21.5 Å². The lowest BCUT2D eigenvalue weighted by Gasteiger charge is -2.17. The number of sulfonamides is 1. The Labute approximate surface area is 180 Å². The van der Waals surface area contributed by atoms with E-state index in [0.29, 0.717) is 16.6 Å². The van der Waals surface area contributed by atoms with Gasteiger partial charge in [-0.1, -0.05) is 36.0 Å². The van der Waals surface area contributed by atoms with Gasteiger partial charge in [0, 0.05) is 48.7 Å². The van der Waals surface area contributed by atoms with Crippen LogP contribution in [0.3, 0.4) is 0 Å². The first-order chi connectivity index (χ1) is 14.2. The zero-order valence-corrected chi connectivity index (χ0v) is 18.5. The van der Waals surface area contributed by atoms with Crippen molar-refractivity contribution >= 4 is 54.8 Å². The molecule has 0 aliphatic rings. The number of benzene rings is 3. The van der Waals surface area contributed by atoms with Gasteiger partial charge in [0.1, 0.15) is 0 Å². The van der Waals surface area contributed by atoms with Crippen LogP contribution in [0.25, 0.3) is 10.8 Å². The lowest BCUT2D eigenvalue weighted by Crippen LogP contribution is -2.14. The number of rotatable bonds is 7. The van der Waals surface area contributed by atoms with Gasteiger partial charge in [-0.25, -0.2) is 8.42 Å². The number of carbonyl (C=O) groups is 2. The molecule has 0 aliphatic carbocycles. The summed E-state index contributed by atoms with van der Waals surface area (Å²) in [5.74, 6) is -0.125. The van der Waals surface area contributed by atoms with Crippen molar-refractivity contribution in [3.05, 3.63) is 66.2 Å². The Morgan fingerprint density at radius 1 is 0.933 bits per heavy atom. The number of ketones is 1. The second-order valence-corrected chi connectivity index (χ2v) is 9.71. The van der Waals surface area contributed by atoms with Gasteiger partial charge in [0.25, 0.3) is 10.0 Å². The summed E-state index contributed by atoms with van der Waals surface area (Å²) >= 11 is 0.946. The normalized spacial score (nSPS) is 11.3. The fraction of sp³-hybridized carbons (Fsp3) is 0.182. The highest BCUT2D eigenvalue weighted by Crippen LogP contribution is 2.31. The molecule has 0 saturated carbocycles. The molecule has 0 spiro atoms. The summed E-state index contributed by atoms with van der Waals surface area (Å²) in [5, 5.41) is 1.35. The molecule has 3 aromatic rings. The van der Waals surface area contributed by atoms with Crippen LogP contribution in [0.2, 0.25) is 0 Å². The second kappa shape index (κ2) is 8.89. The van der Waals surface area contributed by atoms with Crippen LogP contribution >= 0.6 is 11.8 Å². The molecule has 0 bridgehead atoms. The van der Waals surface area contributed by atoms with E-state index in [4.69, 9.17) is 0 Å². The van der Waals surface area contributed by atoms with E-state index in [1.807, 2.05) is 37.2 Å². The van der Waals surface area contributed by atoms with Crippen LogP contribution in [0.1, 0.15) is 17.3 Å². The minimum Gasteiger partial charge on any atom is -0.377 e. The van der Waals surface area contributed by atoms with Gasteiger partial charge >= 0.3 is 0 Å². The molecule has 30 heavy (non-hydrogen) atoms. The molecule has 6 nitrogen and oxygen atoms in total. The van der Waals surface area contributed by atoms with E-state index in [1.165, 1.54) is 6.92 Å². The summed E-state index contributed by atoms with van der Waals surface area (Å²) in [5.41, 5.74) is 1.70. The molecule has 0 heterocycles. The van der Waals surface area contributed by atoms with Crippen molar-refractivity contribution in [3.63, 3.8) is 0 Å². The minimum atomic E-state index is -3.84. The molecule has 3 rings (SSSR count). The Balaban J connectivity index is 1.88. The fourth-order valence-corrected chi connectivity index (χ4v) is 4.86. The number of nitrogens with zero attached hydrogens (tertiary/aromatic N) is 1. The van der Waals surface area contributed by atoms with Gasteiger partial charge in [0.15, 0.2) is 10.9 Å². The molecule has 3 aromatic carbocycles. The summed E-state index contributed by atoms with van der Waals surface area (Å²) in [6.45, 7) is 1.41. The summed E-state index contributed by atoms with van der Waals surface area (Å²) in [7, 11) is -0.0218. The van der Waals surface area contributed by atoms with Crippen molar-refractivity contribution in [1.29, 1.82) is 0 Å². The standard InChI is InChI=1S/C22H22N2O4S2/c1-15(25)29-14-21(26)16-10-12-17(13-11-16)23-30(27,28)22-9-5-6-18-19(22)7-4-8-20(18)24(2)3/h4-13,23H,14H2,1-3H3. The van der Waals surface area contributed by atoms with Crippen molar-refractivity contribution in [3.8, 4) is 0 Å². The van der Waals surface area contributed by atoms with Crippen LogP contribution in [0.15, 0.2) is 65.6 Å². The number of anilines is 2. The highest BCUT2D eigenvalue weighted by atomic mass is 32.2. The summed E-state index contributed by atoms with van der Waals surface area (Å²) in [4.78, 5) is 25.2. The summed E-state index contributed by atoms with van der Waals surface area (Å²) in [6, 6.07) is 16.9. The fourth-order valence-electron chi connectivity index (χ4n) is 3.07. The first kappa shape index (κ1) is 21.9. The Kier molecular flexibility index (Phi) is 6.48. The maximum absolute atomic E-state index is 13.1. The maximum atomic E-state index is 13.1. The number of hydrogen-bond donors (Lipinski definition) is 1. The molecule has 156 valence electrons. The number of Topliss-reactive ketones (excluding diaryl/α,β-unsaturated/α-hetero) is 1. The zero-order valence-electron chi connectivity index (χ0n) is 16.9. The maximum Gasteiger partial charge on any atom is 0.262 e. The Morgan fingerprint density at radius 2 is 1.57 bits per heavy atom. The molecule has 0 amide bonds. The molecule has 0 aliphatic heterocycles. The van der Waals surface area contributed by atoms with E-state index in [9.17, 15) is 18.0 Å². The molecule has 1 N–H and O–H groups in total. The predicted molar refractivity (Wildman–Crippen MR) is 123 cm³/mol. The molecule has 8 heteroatoms. The van der Waals surface area contributed by atoms with Crippen molar-refractivity contribution in [2.45, 2.75) is 11.8 Å². The number of fused-ring (bicyclic) bond motifs is 1. The molecule has 0 saturated heterocycles. The van der Waals surface area contributed by atoms with Crippen LogP contribution in [0.5, 0.6) is 0 Å². The van der Waals surface area contributed by atoms with Gasteiger partial charge in [0.2, 0.25) is 0 Å². The SMILES string of the molecule is CC(=O)SCC(=O)c1ccc(NS(=O)(=O)c2cccc3c(N(C)C)cccc23)cc1. The van der Waals surface area contributed by atoms with Crippen LogP contribution < -0.4 is 9.62 Å². The molecule has 0 atom stereocenters. The Morgan fingerprint density at radius 3 is 2.20 bits per heavy atom. The van der Waals surface area contributed by atoms with Gasteiger partial charge in [-0.3, -0.25) is 14.3 Å². The van der Waals surface area contributed by atoms with Crippen molar-refractivity contribution in [1.82, 2.24) is 0 Å². The largest absolute Gasteiger partial charge is 0.377 e. The molecule has 0 radical (unpaired) electrons. The van der Waals surface area contributed by atoms with E-state index in [0.717, 1.165) is 22.8 Å². The second-order valence-electron chi connectivity index (χ2n) is 6.91. The van der Waals surface area contributed by atoms with E-state index >= 15 is 0 Å². The third-order valence-corrected chi connectivity index (χ3v) is 6.75. The monoisotopic (exact) mass is 442 g/mol. The number of nitrogens with one attached hydrogen (secondary N) is 1. The number of carbonyl (C=O) groups excluding carboxylic acids is 2. The van der Waals surface area contributed by atoms with Gasteiger partial charge in [-0.15, -0.1) is 0 Å². The lowest BCUT2D eigenvalue weighted by atomic mass is 10.1. The molecule has 0 unspecified atom stereocenters. The molecule has 0 aromatic heterocycles. The number of hydrogen-bond acceptors (Lipinski definition) is 6. The van der Waals surface area contributed by atoms with E-state index in [1.54, 1.807) is 42.5 Å². The average molecular weight is 443 g/mol. The predicted octanol–water partition coefficient (Wildman–Crippen LogP) is 4.17. The molecular formula is C22H22N2O4S2. The molecule has 0 fully saturated rings. The summed E-state index contributed by atoms with van der Waals surface area (Å²) in [6.07, 6.45) is 0. The van der Waals surface area contributed by atoms with Crippen LogP contribution in [-0.2, 0) is 14.8 Å². The first-order valence-electron chi connectivity index (χ1n) is 9.17. The Bertz CT molecular complexity index is 1200. The van der Waals surface area contributed by atoms with Crippen molar-refractivity contribution in [2.24, 2.45) is 0 Å². The van der Waals surface area contributed by atoms with E-state index in [2.05, 4.69) is 4.72 Å². The highest BCUT2D eigenvalue weighted by molar-refractivity contribution is 8.14. The van der Waals surface area contributed by atoms with Gasteiger partial charge in [-0.2, -0.15) is 0 Å². The topological polar surface area (TPSA) is 83.5 Å². The Hall–Kier alpha value is -2.84. The lowest BCUT2D eigenvalue weighted by molar-refractivity contribution is -0.109. The third-order valence-electron chi connectivity index (χ3n) is 4.50. The summed E-state index contributed by atoms with van der Waals surface area (Å²) < 4.78 is 28.7. The van der Waals surface area contributed by atoms with Gasteiger partial charge < -0.3 is 4.90 Å².